The van der Waals surface area contributed by atoms with E-state index in [9.17, 15) is 13.5 Å². The van der Waals surface area contributed by atoms with E-state index in [1.54, 1.807) is 12.1 Å². The van der Waals surface area contributed by atoms with Crippen molar-refractivity contribution in [2.24, 2.45) is 0 Å². The molecule has 0 bridgehead atoms. The summed E-state index contributed by atoms with van der Waals surface area (Å²) < 4.78 is 26.2. The molecular formula is C13H23N3O3S. The summed E-state index contributed by atoms with van der Waals surface area (Å²) in [7, 11) is -2.26. The minimum Gasteiger partial charge on any atom is -0.399 e. The second kappa shape index (κ2) is 6.43. The van der Waals surface area contributed by atoms with Gasteiger partial charge in [-0.25, -0.2) is 13.1 Å². The van der Waals surface area contributed by atoms with Gasteiger partial charge in [0.1, 0.15) is 4.90 Å². The van der Waals surface area contributed by atoms with Crippen LogP contribution in [-0.2, 0) is 10.0 Å². The molecule has 0 fully saturated rings. The quantitative estimate of drug-likeness (QED) is 0.565. The van der Waals surface area contributed by atoms with E-state index in [-0.39, 0.29) is 11.4 Å². The molecule has 0 unspecified atom stereocenters. The van der Waals surface area contributed by atoms with Crippen molar-refractivity contribution in [3.05, 3.63) is 18.2 Å². The first-order chi connectivity index (χ1) is 9.28. The zero-order valence-electron chi connectivity index (χ0n) is 12.1. The highest BCUT2D eigenvalue weighted by Crippen LogP contribution is 2.25. The van der Waals surface area contributed by atoms with Crippen molar-refractivity contribution >= 4 is 21.4 Å². The van der Waals surface area contributed by atoms with Gasteiger partial charge in [0.15, 0.2) is 0 Å². The van der Waals surface area contributed by atoms with Crippen molar-refractivity contribution in [3.8, 4) is 0 Å². The van der Waals surface area contributed by atoms with Gasteiger partial charge in [-0.3, -0.25) is 0 Å². The molecule has 0 saturated heterocycles. The van der Waals surface area contributed by atoms with Crippen LogP contribution in [0.4, 0.5) is 11.4 Å². The van der Waals surface area contributed by atoms with Gasteiger partial charge in [-0.15, -0.1) is 0 Å². The van der Waals surface area contributed by atoms with Crippen LogP contribution < -0.4 is 15.8 Å². The van der Waals surface area contributed by atoms with Crippen LogP contribution in [0.1, 0.15) is 26.7 Å². The molecule has 20 heavy (non-hydrogen) atoms. The lowest BCUT2D eigenvalue weighted by Crippen LogP contribution is -2.35. The van der Waals surface area contributed by atoms with Crippen molar-refractivity contribution in [2.75, 3.05) is 24.6 Å². The van der Waals surface area contributed by atoms with E-state index in [0.29, 0.717) is 24.2 Å². The zero-order valence-corrected chi connectivity index (χ0v) is 12.9. The van der Waals surface area contributed by atoms with Gasteiger partial charge in [-0.2, -0.15) is 0 Å². The molecule has 0 aliphatic carbocycles. The fraction of sp³-hybridized carbons (Fsp3) is 0.538. The molecule has 0 aliphatic rings. The Hall–Kier alpha value is -1.31. The van der Waals surface area contributed by atoms with Gasteiger partial charge in [0, 0.05) is 12.2 Å². The topological polar surface area (TPSA) is 104 Å². The van der Waals surface area contributed by atoms with E-state index in [4.69, 9.17) is 5.73 Å². The lowest BCUT2D eigenvalue weighted by atomic mass is 9.97. The number of hydrogen-bond acceptors (Lipinski definition) is 5. The van der Waals surface area contributed by atoms with E-state index in [2.05, 4.69) is 10.0 Å². The Morgan fingerprint density at radius 2 is 1.90 bits per heavy atom. The van der Waals surface area contributed by atoms with Gasteiger partial charge < -0.3 is 16.2 Å². The molecular weight excluding hydrogens is 278 g/mol. The smallest absolute Gasteiger partial charge is 0.242 e. The summed E-state index contributed by atoms with van der Waals surface area (Å²) in [5.74, 6) is 0. The number of rotatable bonds is 7. The van der Waals surface area contributed by atoms with Gasteiger partial charge in [-0.1, -0.05) is 13.8 Å². The maximum Gasteiger partial charge on any atom is 0.242 e. The average Bonchev–Trinajstić information content (AvgIpc) is 2.45. The van der Waals surface area contributed by atoms with E-state index in [0.717, 1.165) is 0 Å². The Kier molecular flexibility index (Phi) is 5.38. The molecule has 0 saturated carbocycles. The summed E-state index contributed by atoms with van der Waals surface area (Å²) >= 11 is 0. The van der Waals surface area contributed by atoms with Crippen molar-refractivity contribution in [2.45, 2.75) is 37.2 Å². The van der Waals surface area contributed by atoms with Crippen LogP contribution in [-0.4, -0.2) is 32.7 Å². The van der Waals surface area contributed by atoms with E-state index in [1.165, 1.54) is 13.1 Å². The Bertz CT molecular complexity index is 554. The molecule has 5 N–H and O–H groups in total. The summed E-state index contributed by atoms with van der Waals surface area (Å²) in [6.07, 6.45) is 1.17. The summed E-state index contributed by atoms with van der Waals surface area (Å²) in [5.41, 5.74) is 5.58. The highest BCUT2D eigenvalue weighted by molar-refractivity contribution is 7.89. The molecule has 0 spiro atoms. The third kappa shape index (κ3) is 3.84. The van der Waals surface area contributed by atoms with Crippen molar-refractivity contribution in [1.82, 2.24) is 4.72 Å². The maximum absolute atomic E-state index is 12.0. The Morgan fingerprint density at radius 1 is 1.30 bits per heavy atom. The van der Waals surface area contributed by atoms with Gasteiger partial charge >= 0.3 is 0 Å². The van der Waals surface area contributed by atoms with Gasteiger partial charge in [-0.05, 0) is 38.1 Å². The van der Waals surface area contributed by atoms with Crippen LogP contribution >= 0.6 is 0 Å². The molecule has 0 heterocycles. The maximum atomic E-state index is 12.0. The summed E-state index contributed by atoms with van der Waals surface area (Å²) in [4.78, 5) is 0.0783. The molecule has 0 aromatic heterocycles. The number of nitrogens with two attached hydrogens (primary N) is 1. The minimum atomic E-state index is -3.61. The molecule has 1 aromatic rings. The van der Waals surface area contributed by atoms with E-state index < -0.39 is 15.6 Å². The fourth-order valence-electron chi connectivity index (χ4n) is 1.78. The van der Waals surface area contributed by atoms with Crippen molar-refractivity contribution < 1.29 is 13.5 Å². The third-order valence-corrected chi connectivity index (χ3v) is 4.94. The lowest BCUT2D eigenvalue weighted by Gasteiger charge is -2.26. The molecule has 114 valence electrons. The van der Waals surface area contributed by atoms with Crippen LogP contribution in [0.5, 0.6) is 0 Å². The summed E-state index contributed by atoms with van der Waals surface area (Å²) in [6, 6.07) is 4.62. The SMILES string of the molecule is CCC(O)(CC)CNc1ccc(N)cc1S(=O)(=O)NC. The van der Waals surface area contributed by atoms with E-state index >= 15 is 0 Å². The number of hydrogen-bond donors (Lipinski definition) is 4. The molecule has 0 amide bonds. The number of sulfonamides is 1. The second-order valence-corrected chi connectivity index (χ2v) is 6.60. The van der Waals surface area contributed by atoms with E-state index in [1.807, 2.05) is 13.8 Å². The second-order valence-electron chi connectivity index (χ2n) is 4.75. The average molecular weight is 301 g/mol. The zero-order chi connectivity index (χ0) is 15.4. The van der Waals surface area contributed by atoms with Gasteiger partial charge in [0.05, 0.1) is 11.3 Å². The predicted octanol–water partition coefficient (Wildman–Crippen LogP) is 1.14. The monoisotopic (exact) mass is 301 g/mol. The molecule has 0 atom stereocenters. The van der Waals surface area contributed by atoms with Gasteiger partial charge in [0.25, 0.3) is 0 Å². The number of anilines is 2. The number of benzene rings is 1. The standard InChI is InChI=1S/C13H23N3O3S/c1-4-13(17,5-2)9-16-11-7-6-10(14)8-12(11)20(18,19)15-3/h6-8,15-17H,4-5,9,14H2,1-3H3. The highest BCUT2D eigenvalue weighted by atomic mass is 32.2. The first kappa shape index (κ1) is 16.7. The summed E-state index contributed by atoms with van der Waals surface area (Å²) in [5, 5.41) is 13.2. The lowest BCUT2D eigenvalue weighted by molar-refractivity contribution is 0.0456. The van der Waals surface area contributed by atoms with Crippen molar-refractivity contribution in [3.63, 3.8) is 0 Å². The Balaban J connectivity index is 3.08. The highest BCUT2D eigenvalue weighted by Gasteiger charge is 2.23. The third-order valence-electron chi connectivity index (χ3n) is 3.49. The van der Waals surface area contributed by atoms with Crippen LogP contribution in [0, 0.1) is 0 Å². The number of nitrogen functional groups attached to an aromatic ring is 1. The van der Waals surface area contributed by atoms with Gasteiger partial charge in [0.2, 0.25) is 10.0 Å². The number of aliphatic hydroxyl groups is 1. The predicted molar refractivity (Wildman–Crippen MR) is 81.1 cm³/mol. The minimum absolute atomic E-state index is 0.0783. The normalized spacial score (nSPS) is 12.4. The Morgan fingerprint density at radius 3 is 2.40 bits per heavy atom. The van der Waals surface area contributed by atoms with Crippen LogP contribution in [0.3, 0.4) is 0 Å². The molecule has 7 heteroatoms. The number of nitrogens with one attached hydrogen (secondary N) is 2. The van der Waals surface area contributed by atoms with Crippen LogP contribution in [0.15, 0.2) is 23.1 Å². The Labute approximate surface area is 120 Å². The van der Waals surface area contributed by atoms with Crippen molar-refractivity contribution in [1.29, 1.82) is 0 Å². The largest absolute Gasteiger partial charge is 0.399 e. The van der Waals surface area contributed by atoms with Crippen LogP contribution in [0.25, 0.3) is 0 Å². The fourth-order valence-corrected chi connectivity index (χ4v) is 2.72. The molecule has 6 nitrogen and oxygen atoms in total. The molecule has 0 radical (unpaired) electrons. The first-order valence-electron chi connectivity index (χ1n) is 6.57. The van der Waals surface area contributed by atoms with Crippen LogP contribution in [0.2, 0.25) is 0 Å². The first-order valence-corrected chi connectivity index (χ1v) is 8.05. The summed E-state index contributed by atoms with van der Waals surface area (Å²) in [6.45, 7) is 4.05. The molecule has 0 aliphatic heterocycles. The molecule has 1 aromatic carbocycles. The molecule has 1 rings (SSSR count).